The molecule has 0 fully saturated rings. The number of carbonyl (C=O) groups excluding carboxylic acids is 2. The zero-order valence-electron chi connectivity index (χ0n) is 15.5. The molecule has 2 aromatic rings. The van der Waals surface area contributed by atoms with E-state index in [2.05, 4.69) is 5.32 Å². The lowest BCUT2D eigenvalue weighted by Gasteiger charge is -2.31. The molecule has 0 atom stereocenters. The first kappa shape index (κ1) is 18.0. The van der Waals surface area contributed by atoms with Crippen LogP contribution in [0.5, 0.6) is 11.5 Å². The van der Waals surface area contributed by atoms with Crippen LogP contribution < -0.4 is 14.8 Å². The molecule has 2 aromatic carbocycles. The Labute approximate surface area is 153 Å². The van der Waals surface area contributed by atoms with Crippen LogP contribution in [-0.2, 0) is 0 Å². The van der Waals surface area contributed by atoms with Gasteiger partial charge in [-0.15, -0.1) is 0 Å². The van der Waals surface area contributed by atoms with Crippen molar-refractivity contribution in [3.05, 3.63) is 53.6 Å². The maximum atomic E-state index is 12.5. The van der Waals surface area contributed by atoms with Gasteiger partial charge in [0.2, 0.25) is 0 Å². The van der Waals surface area contributed by atoms with E-state index in [-0.39, 0.29) is 17.8 Å². The largest absolute Gasteiger partial charge is 0.491 e. The molecule has 1 amide bonds. The van der Waals surface area contributed by atoms with E-state index in [1.807, 2.05) is 39.8 Å². The fourth-order valence-electron chi connectivity index (χ4n) is 2.89. The molecule has 5 heteroatoms. The minimum absolute atomic E-state index is 0.0129. The number of rotatable bonds is 4. The van der Waals surface area contributed by atoms with Gasteiger partial charge in [-0.1, -0.05) is 0 Å². The highest BCUT2D eigenvalue weighted by Crippen LogP contribution is 2.33. The Balaban J connectivity index is 1.75. The fraction of sp³-hybridized carbons (Fsp3) is 0.333. The third kappa shape index (κ3) is 4.04. The van der Waals surface area contributed by atoms with Gasteiger partial charge in [-0.3, -0.25) is 9.59 Å². The Morgan fingerprint density at radius 2 is 1.85 bits per heavy atom. The Bertz CT molecular complexity index is 838. The summed E-state index contributed by atoms with van der Waals surface area (Å²) in [5.74, 6) is 0.985. The number of hydrogen-bond acceptors (Lipinski definition) is 4. The highest BCUT2D eigenvalue weighted by Gasteiger charge is 2.32. The van der Waals surface area contributed by atoms with Gasteiger partial charge in [0.25, 0.3) is 5.91 Å². The SMILES string of the molecule is CC(C)Oc1ccc(NC(=O)c2ccc3c(c2)C(=O)CC(C)(C)O3)cc1. The molecule has 5 nitrogen and oxygen atoms in total. The molecule has 0 aliphatic carbocycles. The average Bonchev–Trinajstić information content (AvgIpc) is 2.55. The summed E-state index contributed by atoms with van der Waals surface area (Å²) in [6.07, 6.45) is 0.387. The van der Waals surface area contributed by atoms with Gasteiger partial charge in [0.05, 0.1) is 18.1 Å². The van der Waals surface area contributed by atoms with Crippen molar-refractivity contribution < 1.29 is 19.1 Å². The lowest BCUT2D eigenvalue weighted by atomic mass is 9.92. The molecule has 1 aliphatic heterocycles. The van der Waals surface area contributed by atoms with Crippen molar-refractivity contribution in [3.8, 4) is 11.5 Å². The van der Waals surface area contributed by atoms with Gasteiger partial charge < -0.3 is 14.8 Å². The fourth-order valence-corrected chi connectivity index (χ4v) is 2.89. The zero-order chi connectivity index (χ0) is 18.9. The molecule has 136 valence electrons. The second kappa shape index (κ2) is 6.83. The Hall–Kier alpha value is -2.82. The number of carbonyl (C=O) groups is 2. The van der Waals surface area contributed by atoms with Crippen LogP contribution in [0.2, 0.25) is 0 Å². The van der Waals surface area contributed by atoms with Crippen LogP contribution in [0.4, 0.5) is 5.69 Å². The summed E-state index contributed by atoms with van der Waals surface area (Å²) in [6, 6.07) is 12.1. The smallest absolute Gasteiger partial charge is 0.255 e. The molecule has 26 heavy (non-hydrogen) atoms. The van der Waals surface area contributed by atoms with Crippen LogP contribution in [0.1, 0.15) is 54.8 Å². The highest BCUT2D eigenvalue weighted by molar-refractivity contribution is 6.07. The van der Waals surface area contributed by atoms with Crippen molar-refractivity contribution in [2.75, 3.05) is 5.32 Å². The van der Waals surface area contributed by atoms with E-state index in [0.29, 0.717) is 29.0 Å². The van der Waals surface area contributed by atoms with Crippen molar-refractivity contribution in [3.63, 3.8) is 0 Å². The van der Waals surface area contributed by atoms with Crippen LogP contribution in [0.3, 0.4) is 0 Å². The molecule has 1 heterocycles. The predicted octanol–water partition coefficient (Wildman–Crippen LogP) is 4.47. The first-order chi connectivity index (χ1) is 12.2. The molecule has 1 N–H and O–H groups in total. The van der Waals surface area contributed by atoms with Gasteiger partial charge in [0.15, 0.2) is 5.78 Å². The lowest BCUT2D eigenvalue weighted by molar-refractivity contribution is 0.0620. The monoisotopic (exact) mass is 353 g/mol. The summed E-state index contributed by atoms with van der Waals surface area (Å²) in [5, 5.41) is 2.83. The van der Waals surface area contributed by atoms with Gasteiger partial charge >= 0.3 is 0 Å². The second-order valence-electron chi connectivity index (χ2n) is 7.32. The number of ether oxygens (including phenoxy) is 2. The molecule has 0 saturated carbocycles. The maximum absolute atomic E-state index is 12.5. The molecular formula is C21H23NO4. The number of hydrogen-bond donors (Lipinski definition) is 1. The average molecular weight is 353 g/mol. The number of Topliss-reactive ketones (excluding diaryl/α,β-unsaturated/α-hetero) is 1. The van der Waals surface area contributed by atoms with E-state index < -0.39 is 5.60 Å². The molecule has 0 spiro atoms. The topological polar surface area (TPSA) is 64.6 Å². The second-order valence-corrected chi connectivity index (χ2v) is 7.32. The normalized spacial score (nSPS) is 15.2. The third-order valence-electron chi connectivity index (χ3n) is 4.00. The molecule has 0 bridgehead atoms. The van der Waals surface area contributed by atoms with Crippen molar-refractivity contribution in [1.82, 2.24) is 0 Å². The summed E-state index contributed by atoms with van der Waals surface area (Å²) in [4.78, 5) is 24.8. The molecule has 0 saturated heterocycles. The van der Waals surface area contributed by atoms with Gasteiger partial charge in [0.1, 0.15) is 17.1 Å². The van der Waals surface area contributed by atoms with E-state index in [9.17, 15) is 9.59 Å². The molecule has 3 rings (SSSR count). The van der Waals surface area contributed by atoms with Gasteiger partial charge in [-0.05, 0) is 70.2 Å². The highest BCUT2D eigenvalue weighted by atomic mass is 16.5. The summed E-state index contributed by atoms with van der Waals surface area (Å²) in [7, 11) is 0. The van der Waals surface area contributed by atoms with Gasteiger partial charge in [-0.2, -0.15) is 0 Å². The zero-order valence-corrected chi connectivity index (χ0v) is 15.5. The summed E-state index contributed by atoms with van der Waals surface area (Å²) >= 11 is 0. The Kier molecular flexibility index (Phi) is 4.72. The van der Waals surface area contributed by atoms with Gasteiger partial charge in [-0.25, -0.2) is 0 Å². The van der Waals surface area contributed by atoms with Crippen LogP contribution >= 0.6 is 0 Å². The molecule has 1 aliphatic rings. The van der Waals surface area contributed by atoms with E-state index in [1.165, 1.54) is 0 Å². The number of fused-ring (bicyclic) bond motifs is 1. The van der Waals surface area contributed by atoms with E-state index in [4.69, 9.17) is 9.47 Å². The van der Waals surface area contributed by atoms with Crippen molar-refractivity contribution in [2.24, 2.45) is 0 Å². The van der Waals surface area contributed by atoms with Crippen molar-refractivity contribution in [2.45, 2.75) is 45.8 Å². The summed E-state index contributed by atoms with van der Waals surface area (Å²) in [5.41, 5.74) is 1.02. The summed E-state index contributed by atoms with van der Waals surface area (Å²) < 4.78 is 11.4. The van der Waals surface area contributed by atoms with Crippen molar-refractivity contribution >= 4 is 17.4 Å². The Morgan fingerprint density at radius 1 is 1.15 bits per heavy atom. The first-order valence-electron chi connectivity index (χ1n) is 8.68. The van der Waals surface area contributed by atoms with Crippen LogP contribution in [0.15, 0.2) is 42.5 Å². The number of amides is 1. The molecule has 0 radical (unpaired) electrons. The third-order valence-corrected chi connectivity index (χ3v) is 4.00. The minimum atomic E-state index is -0.520. The standard InChI is InChI=1S/C21H23NO4/c1-13(2)25-16-8-6-15(7-9-16)22-20(24)14-5-10-19-17(11-14)18(23)12-21(3,4)26-19/h5-11,13H,12H2,1-4H3,(H,22,24). The summed E-state index contributed by atoms with van der Waals surface area (Å²) in [6.45, 7) is 7.66. The maximum Gasteiger partial charge on any atom is 0.255 e. The number of anilines is 1. The van der Waals surface area contributed by atoms with Crippen molar-refractivity contribution in [1.29, 1.82) is 0 Å². The first-order valence-corrected chi connectivity index (χ1v) is 8.68. The number of ketones is 1. The van der Waals surface area contributed by atoms with E-state index >= 15 is 0 Å². The van der Waals surface area contributed by atoms with Crippen LogP contribution in [-0.4, -0.2) is 23.4 Å². The van der Waals surface area contributed by atoms with E-state index in [0.717, 1.165) is 5.75 Å². The lowest BCUT2D eigenvalue weighted by Crippen LogP contribution is -2.36. The molecular weight excluding hydrogens is 330 g/mol. The number of benzene rings is 2. The Morgan fingerprint density at radius 3 is 2.50 bits per heavy atom. The van der Waals surface area contributed by atoms with Crippen LogP contribution in [0.25, 0.3) is 0 Å². The molecule has 0 unspecified atom stereocenters. The predicted molar refractivity (Wildman–Crippen MR) is 100 cm³/mol. The molecule has 0 aromatic heterocycles. The minimum Gasteiger partial charge on any atom is -0.491 e. The number of nitrogens with one attached hydrogen (secondary N) is 1. The van der Waals surface area contributed by atoms with Crippen LogP contribution in [0, 0.1) is 0 Å². The quantitative estimate of drug-likeness (QED) is 0.881. The van der Waals surface area contributed by atoms with Gasteiger partial charge in [0, 0.05) is 11.3 Å². The van der Waals surface area contributed by atoms with E-state index in [1.54, 1.807) is 30.3 Å².